The molecule has 0 aromatic rings. The standard InChI is InChI=1S/C28H56NO8P.C22H43N3O2.C20H38O7S.C7H13F4NO3S.Na/c1-6-8-10-12-14-16-18-20-27(30)34-24-26(25-36-38(32,33)35-23-22-29(3,4)5)37-28(31)21-19-17-15-13-11-9-7-2;1-21(2,3)22(4,5)17-18-16-19(26)25(20(18)27)15-11-7-10-14-24-13-9-6-8-12-23;1-5-9-11-16(7-3)14-26-19(21)13-18(28(23,24)25)20(22)27-15-17(8-4)12-10-6-2;1-6(8,9)7(10,11)16(13,14)12(2)4-5-15-3;/h26H,6-25H2,1-5H3;18,24H,6-17,23H2,1-5H3;16-18H,5-15H2,1-4H3,(H,23,24,25);4-5H2,1-3H3;/q;;;;+1/p-1. The SMILES string of the molecule is CC(C)(C)C(C)(C)CC1CC(=O)N(CCCCCNCCCCCN)C1=O.CCCCC(CC)COC(=O)CC(C(=O)OCC(CC)CCCC)S(=O)(=O)[O-].CCCCCCCCCC(=O)OCC(COP(=O)([O-])OCC[N+](C)(C)C)OC(=O)CCCCCCCCC.COCCN(C)S(=O)(=O)C(F)(F)C(C)(F)F.[Na+]. The van der Waals surface area contributed by atoms with Crippen molar-refractivity contribution in [3.8, 4) is 0 Å². The van der Waals surface area contributed by atoms with Crippen LogP contribution in [-0.4, -0.2) is 208 Å². The number of amides is 2. The normalized spacial score (nSPS) is 15.4. The zero-order chi connectivity index (χ0) is 84.0. The first-order valence-corrected chi connectivity index (χ1v) is 44.6. The third-order valence-corrected chi connectivity index (χ3v) is 23.4. The summed E-state index contributed by atoms with van der Waals surface area (Å²) in [5.74, 6) is -7.30. The molecule has 25 nitrogen and oxygen atoms in total. The van der Waals surface area contributed by atoms with E-state index in [1.165, 1.54) is 69.8 Å². The van der Waals surface area contributed by atoms with Gasteiger partial charge in [0.05, 0.1) is 54.0 Å². The topological polar surface area (TPSA) is 343 Å². The van der Waals surface area contributed by atoms with E-state index in [2.05, 4.69) is 72.4 Å². The fourth-order valence-electron chi connectivity index (χ4n) is 10.7. The zero-order valence-corrected chi connectivity index (χ0v) is 75.6. The fourth-order valence-corrected chi connectivity index (χ4v) is 13.3. The molecule has 0 spiro atoms. The number of carbonyl (C=O) groups excluding carboxylic acids is 6. The first kappa shape index (κ1) is 114. The number of sulfonamides is 1. The van der Waals surface area contributed by atoms with Crippen molar-refractivity contribution in [3.05, 3.63) is 0 Å². The number of unbranched alkanes of at least 4 members (excludes halogenated alkanes) is 18. The Hall–Kier alpha value is -2.49. The molecule has 110 heavy (non-hydrogen) atoms. The minimum atomic E-state index is -5.40. The number of nitrogens with zero attached hydrogens (tertiary/aromatic N) is 3. The van der Waals surface area contributed by atoms with Crippen LogP contribution in [0.5, 0.6) is 0 Å². The molecular formula is C77H149F4N5NaO20PS2. The maximum Gasteiger partial charge on any atom is 1.00 e. The molecule has 0 radical (unpaired) electrons. The summed E-state index contributed by atoms with van der Waals surface area (Å²) >= 11 is 0. The molecule has 0 aromatic heterocycles. The van der Waals surface area contributed by atoms with Gasteiger partial charge in [-0.25, -0.2) is 16.8 Å². The number of phosphoric acid groups is 1. The van der Waals surface area contributed by atoms with Gasteiger partial charge in [0.1, 0.15) is 29.9 Å². The van der Waals surface area contributed by atoms with E-state index in [-0.39, 0.29) is 127 Å². The molecular weight excluding hydrogens is 1510 g/mol. The Kier molecular flexibility index (Phi) is 64.9. The molecule has 6 atom stereocenters. The number of imide groups is 1. The van der Waals surface area contributed by atoms with Crippen LogP contribution in [0, 0.1) is 28.6 Å². The molecule has 3 N–H and O–H groups in total. The summed E-state index contributed by atoms with van der Waals surface area (Å²) in [6.07, 6.45) is 28.9. The quantitative estimate of drug-likeness (QED) is 0.00657. The summed E-state index contributed by atoms with van der Waals surface area (Å²) in [6, 6.07) is 0. The van der Waals surface area contributed by atoms with Gasteiger partial charge in [-0.05, 0) is 100 Å². The van der Waals surface area contributed by atoms with Gasteiger partial charge in [0, 0.05) is 59.4 Å². The zero-order valence-electron chi connectivity index (χ0n) is 71.1. The molecule has 33 heteroatoms. The molecule has 1 aliphatic rings. The molecule has 1 fully saturated rings. The number of hydrogen-bond donors (Lipinski definition) is 2. The van der Waals surface area contributed by atoms with Crippen LogP contribution in [-0.2, 0) is 86.2 Å². The summed E-state index contributed by atoms with van der Waals surface area (Å²) in [4.78, 5) is 87.4. The summed E-state index contributed by atoms with van der Waals surface area (Å²) in [7, 11) is -7.23. The van der Waals surface area contributed by atoms with E-state index >= 15 is 0 Å². The monoisotopic (exact) mass is 1660 g/mol. The number of hydrogen-bond acceptors (Lipinski definition) is 22. The Morgan fingerprint density at radius 3 is 1.56 bits per heavy atom. The van der Waals surface area contributed by atoms with Gasteiger partial charge in [-0.15, -0.1) is 0 Å². The molecule has 648 valence electrons. The van der Waals surface area contributed by atoms with Crippen molar-refractivity contribution in [1.29, 1.82) is 0 Å². The van der Waals surface area contributed by atoms with E-state index in [1.54, 1.807) is 0 Å². The van der Waals surface area contributed by atoms with Crippen molar-refractivity contribution in [3.63, 3.8) is 0 Å². The fraction of sp³-hybridized carbons (Fsp3) is 0.922. The number of likely N-dealkylation sites (N-methyl/N-ethyl adjacent to an activating group) is 2. The van der Waals surface area contributed by atoms with Gasteiger partial charge < -0.3 is 57.7 Å². The summed E-state index contributed by atoms with van der Waals surface area (Å²) < 4.78 is 156. The second-order valence-electron chi connectivity index (χ2n) is 31.5. The van der Waals surface area contributed by atoms with Gasteiger partial charge in [0.25, 0.3) is 17.8 Å². The molecule has 1 heterocycles. The van der Waals surface area contributed by atoms with Gasteiger partial charge in [0.15, 0.2) is 11.4 Å². The number of alkyl halides is 4. The summed E-state index contributed by atoms with van der Waals surface area (Å²) in [6.45, 7) is 26.1. The average Bonchev–Trinajstić information content (AvgIpc) is 0.907. The first-order chi connectivity index (χ1) is 50.8. The van der Waals surface area contributed by atoms with Crippen LogP contribution in [0.25, 0.3) is 0 Å². The smallest absolute Gasteiger partial charge is 0.756 e. The van der Waals surface area contributed by atoms with E-state index < -0.39 is 93.9 Å². The second kappa shape index (κ2) is 62.7. The molecule has 0 saturated carbocycles. The number of rotatable bonds is 61. The predicted molar refractivity (Wildman–Crippen MR) is 416 cm³/mol. The van der Waals surface area contributed by atoms with Gasteiger partial charge in [-0.2, -0.15) is 21.9 Å². The van der Waals surface area contributed by atoms with Crippen molar-refractivity contribution in [2.24, 2.45) is 34.3 Å². The third kappa shape index (κ3) is 55.2. The number of ether oxygens (including phenoxy) is 5. The minimum Gasteiger partial charge on any atom is -0.756 e. The Morgan fingerprint density at radius 2 is 1.11 bits per heavy atom. The Bertz CT molecular complexity index is 2730. The minimum absolute atomic E-state index is 0. The molecule has 2 amide bonds. The molecule has 1 rings (SSSR count). The van der Waals surface area contributed by atoms with Crippen LogP contribution in [0.3, 0.4) is 0 Å². The number of methoxy groups -OCH3 is 1. The van der Waals surface area contributed by atoms with E-state index in [0.717, 1.165) is 149 Å². The molecule has 1 aliphatic heterocycles. The number of nitrogens with two attached hydrogens (primary N) is 1. The molecule has 6 unspecified atom stereocenters. The van der Waals surface area contributed by atoms with Crippen molar-refractivity contribution in [2.45, 2.75) is 318 Å². The summed E-state index contributed by atoms with van der Waals surface area (Å²) in [5.41, 5.74) is 5.62. The average molecular weight is 1660 g/mol. The second-order valence-corrected chi connectivity index (χ2v) is 36.5. The van der Waals surface area contributed by atoms with Crippen molar-refractivity contribution >= 4 is 63.7 Å². The number of carbonyl (C=O) groups is 6. The molecule has 1 saturated heterocycles. The van der Waals surface area contributed by atoms with Gasteiger partial charge in [-0.3, -0.25) is 38.2 Å². The maximum absolute atomic E-state index is 13.0. The van der Waals surface area contributed by atoms with Crippen molar-refractivity contribution in [2.75, 3.05) is 114 Å². The van der Waals surface area contributed by atoms with E-state index in [4.69, 9.17) is 33.7 Å². The third-order valence-electron chi connectivity index (χ3n) is 19.4. The largest absolute Gasteiger partial charge is 1.00 e. The maximum atomic E-state index is 13.0. The number of esters is 4. The Labute approximate surface area is 683 Å². The van der Waals surface area contributed by atoms with Crippen LogP contribution in [0.2, 0.25) is 0 Å². The number of likely N-dealkylation sites (tertiary alicyclic amines) is 1. The van der Waals surface area contributed by atoms with Gasteiger partial charge in [0.2, 0.25) is 11.8 Å². The van der Waals surface area contributed by atoms with Gasteiger partial charge in [-0.1, -0.05) is 205 Å². The summed E-state index contributed by atoms with van der Waals surface area (Å²) in [5, 5.41) is -3.74. The predicted octanol–water partition coefficient (Wildman–Crippen LogP) is 11.6. The van der Waals surface area contributed by atoms with Crippen molar-refractivity contribution < 1.29 is 144 Å². The van der Waals surface area contributed by atoms with Crippen LogP contribution >= 0.6 is 7.82 Å². The number of nitrogens with one attached hydrogen (secondary N) is 1. The van der Waals surface area contributed by atoms with Crippen LogP contribution in [0.15, 0.2) is 0 Å². The van der Waals surface area contributed by atoms with E-state index in [0.29, 0.717) is 30.4 Å². The Morgan fingerprint density at radius 1 is 0.645 bits per heavy atom. The molecule has 0 aromatic carbocycles. The van der Waals surface area contributed by atoms with Crippen LogP contribution < -0.4 is 45.5 Å². The Balaban J connectivity index is -0.000000704. The first-order valence-electron chi connectivity index (χ1n) is 40.2. The number of halogens is 4. The molecule has 0 bridgehead atoms. The van der Waals surface area contributed by atoms with Crippen molar-refractivity contribution in [1.82, 2.24) is 14.5 Å². The molecule has 0 aliphatic carbocycles. The van der Waals surface area contributed by atoms with E-state index in [1.807, 2.05) is 35.0 Å². The number of phosphoric ester groups is 1. The van der Waals surface area contributed by atoms with Gasteiger partial charge >= 0.3 is 64.6 Å². The van der Waals surface area contributed by atoms with Crippen LogP contribution in [0.4, 0.5) is 17.6 Å². The van der Waals surface area contributed by atoms with Crippen LogP contribution in [0.1, 0.15) is 295 Å². The van der Waals surface area contributed by atoms with E-state index in [9.17, 15) is 77.2 Å². The number of quaternary nitrogens is 1.